The number of aromatic nitrogens is 2. The Morgan fingerprint density at radius 3 is 2.67 bits per heavy atom. The summed E-state index contributed by atoms with van der Waals surface area (Å²) in [5.41, 5.74) is 0. The van der Waals surface area contributed by atoms with E-state index in [0.29, 0.717) is 6.04 Å². The molecule has 1 heterocycles. The number of hydrogen-bond donors (Lipinski definition) is 1. The number of nitrogens with one attached hydrogen (secondary N) is 1. The fourth-order valence-corrected chi connectivity index (χ4v) is 2.14. The van der Waals surface area contributed by atoms with Crippen LogP contribution in [0.5, 0.6) is 0 Å². The van der Waals surface area contributed by atoms with Gasteiger partial charge in [0.1, 0.15) is 0 Å². The third kappa shape index (κ3) is 5.11. The van der Waals surface area contributed by atoms with E-state index in [0.717, 1.165) is 18.4 Å². The Balaban J connectivity index is 2.41. The third-order valence-electron chi connectivity index (χ3n) is 3.36. The lowest BCUT2D eigenvalue weighted by molar-refractivity contribution is 0.449. The van der Waals surface area contributed by atoms with Crippen molar-refractivity contribution in [2.45, 2.75) is 65.8 Å². The van der Waals surface area contributed by atoms with Gasteiger partial charge in [-0.15, -0.1) is 0 Å². The summed E-state index contributed by atoms with van der Waals surface area (Å²) in [5, 5.41) is 3.43. The topological polar surface area (TPSA) is 29.9 Å². The van der Waals surface area contributed by atoms with Crippen LogP contribution < -0.4 is 5.32 Å². The summed E-state index contributed by atoms with van der Waals surface area (Å²) in [6.07, 6.45) is 10.3. The Bertz CT molecular complexity index is 317. The first-order chi connectivity index (χ1) is 8.65. The molecular formula is C15H29N3. The van der Waals surface area contributed by atoms with Crippen LogP contribution in [0.25, 0.3) is 0 Å². The smallest absolute Gasteiger partial charge is 0.203 e. The molecule has 104 valence electrons. The van der Waals surface area contributed by atoms with Crippen LogP contribution >= 0.6 is 0 Å². The lowest BCUT2D eigenvalue weighted by atomic mass is 10.0. The molecule has 1 N–H and O–H groups in total. The fourth-order valence-electron chi connectivity index (χ4n) is 2.14. The van der Waals surface area contributed by atoms with Gasteiger partial charge < -0.3 is 9.88 Å². The number of unbranched alkanes of at least 4 members (excludes halogenated alkanes) is 1. The zero-order chi connectivity index (χ0) is 13.4. The van der Waals surface area contributed by atoms with E-state index < -0.39 is 0 Å². The van der Waals surface area contributed by atoms with E-state index in [-0.39, 0.29) is 0 Å². The third-order valence-corrected chi connectivity index (χ3v) is 3.36. The Morgan fingerprint density at radius 2 is 2.00 bits per heavy atom. The summed E-state index contributed by atoms with van der Waals surface area (Å²) < 4.78 is 2.27. The lowest BCUT2D eigenvalue weighted by Crippen LogP contribution is -2.12. The molecule has 0 aliphatic heterocycles. The summed E-state index contributed by atoms with van der Waals surface area (Å²) in [6.45, 7) is 10.1. The van der Waals surface area contributed by atoms with Crippen molar-refractivity contribution in [3.05, 3.63) is 12.4 Å². The van der Waals surface area contributed by atoms with Crippen molar-refractivity contribution in [1.82, 2.24) is 9.55 Å². The number of nitrogens with zero attached hydrogens (tertiary/aromatic N) is 2. The van der Waals surface area contributed by atoms with Gasteiger partial charge >= 0.3 is 0 Å². The molecule has 0 saturated heterocycles. The summed E-state index contributed by atoms with van der Waals surface area (Å²) in [5.74, 6) is 1.84. The van der Waals surface area contributed by atoms with Crippen LogP contribution in [0.3, 0.4) is 0 Å². The van der Waals surface area contributed by atoms with E-state index in [2.05, 4.69) is 48.8 Å². The molecule has 1 unspecified atom stereocenters. The highest BCUT2D eigenvalue weighted by Crippen LogP contribution is 2.20. The van der Waals surface area contributed by atoms with Gasteiger partial charge in [0, 0.05) is 25.0 Å². The number of imidazole rings is 1. The Hall–Kier alpha value is -0.990. The van der Waals surface area contributed by atoms with E-state index in [4.69, 9.17) is 0 Å². The summed E-state index contributed by atoms with van der Waals surface area (Å²) in [6, 6.07) is 0.537. The van der Waals surface area contributed by atoms with Gasteiger partial charge in [0.25, 0.3) is 0 Å². The summed E-state index contributed by atoms with van der Waals surface area (Å²) in [4.78, 5) is 4.40. The fraction of sp³-hybridized carbons (Fsp3) is 0.800. The Kier molecular flexibility index (Phi) is 6.84. The van der Waals surface area contributed by atoms with Crippen LogP contribution in [-0.4, -0.2) is 16.1 Å². The highest BCUT2D eigenvalue weighted by atomic mass is 15.2. The van der Waals surface area contributed by atoms with Crippen LogP contribution in [0, 0.1) is 5.92 Å². The monoisotopic (exact) mass is 251 g/mol. The zero-order valence-electron chi connectivity index (χ0n) is 12.4. The number of rotatable bonds is 9. The predicted molar refractivity (Wildman–Crippen MR) is 79.0 cm³/mol. The molecule has 3 heteroatoms. The normalized spacial score (nSPS) is 12.9. The average Bonchev–Trinajstić information content (AvgIpc) is 2.77. The zero-order valence-corrected chi connectivity index (χ0v) is 12.4. The molecule has 0 bridgehead atoms. The van der Waals surface area contributed by atoms with Crippen molar-refractivity contribution in [2.24, 2.45) is 5.92 Å². The van der Waals surface area contributed by atoms with Gasteiger partial charge in [-0.25, -0.2) is 4.98 Å². The molecule has 1 aromatic heterocycles. The largest absolute Gasteiger partial charge is 0.356 e. The molecule has 0 fully saturated rings. The Morgan fingerprint density at radius 1 is 1.22 bits per heavy atom. The minimum atomic E-state index is 0.537. The van der Waals surface area contributed by atoms with Crippen molar-refractivity contribution in [3.8, 4) is 0 Å². The van der Waals surface area contributed by atoms with Crippen LogP contribution in [0.4, 0.5) is 5.95 Å². The first kappa shape index (κ1) is 15.1. The van der Waals surface area contributed by atoms with Gasteiger partial charge in [-0.1, -0.05) is 40.0 Å². The van der Waals surface area contributed by atoms with Crippen molar-refractivity contribution in [1.29, 1.82) is 0 Å². The van der Waals surface area contributed by atoms with Crippen LogP contribution in [-0.2, 0) is 0 Å². The molecule has 1 aromatic rings. The first-order valence-electron chi connectivity index (χ1n) is 7.41. The van der Waals surface area contributed by atoms with E-state index in [1.54, 1.807) is 0 Å². The summed E-state index contributed by atoms with van der Waals surface area (Å²) >= 11 is 0. The predicted octanol–water partition coefficient (Wildman–Crippen LogP) is 4.48. The maximum Gasteiger partial charge on any atom is 0.203 e. The van der Waals surface area contributed by atoms with Crippen LogP contribution in [0.1, 0.15) is 65.8 Å². The average molecular weight is 251 g/mol. The van der Waals surface area contributed by atoms with Gasteiger partial charge in [-0.05, 0) is 25.7 Å². The first-order valence-corrected chi connectivity index (χ1v) is 7.41. The maximum atomic E-state index is 4.40. The molecule has 0 aromatic carbocycles. The van der Waals surface area contributed by atoms with Crippen molar-refractivity contribution >= 4 is 5.95 Å². The second-order valence-electron chi connectivity index (χ2n) is 5.61. The molecule has 0 saturated carbocycles. The molecule has 3 nitrogen and oxygen atoms in total. The highest BCUT2D eigenvalue weighted by Gasteiger charge is 2.09. The van der Waals surface area contributed by atoms with Crippen LogP contribution in [0.15, 0.2) is 12.4 Å². The molecule has 0 radical (unpaired) electrons. The molecular weight excluding hydrogens is 222 g/mol. The number of hydrogen-bond acceptors (Lipinski definition) is 2. The molecule has 0 aliphatic rings. The summed E-state index contributed by atoms with van der Waals surface area (Å²) in [7, 11) is 0. The second kappa shape index (κ2) is 8.17. The quantitative estimate of drug-likeness (QED) is 0.656. The van der Waals surface area contributed by atoms with Crippen molar-refractivity contribution in [2.75, 3.05) is 11.9 Å². The van der Waals surface area contributed by atoms with Gasteiger partial charge in [0.2, 0.25) is 5.95 Å². The maximum absolute atomic E-state index is 4.40. The molecule has 1 rings (SSSR count). The molecule has 0 amide bonds. The van der Waals surface area contributed by atoms with E-state index in [9.17, 15) is 0 Å². The van der Waals surface area contributed by atoms with Crippen molar-refractivity contribution < 1.29 is 0 Å². The van der Waals surface area contributed by atoms with Crippen molar-refractivity contribution in [3.63, 3.8) is 0 Å². The van der Waals surface area contributed by atoms with E-state index in [1.807, 2.05) is 6.20 Å². The second-order valence-corrected chi connectivity index (χ2v) is 5.61. The van der Waals surface area contributed by atoms with Gasteiger partial charge in [0.05, 0.1) is 0 Å². The molecule has 1 atom stereocenters. The van der Waals surface area contributed by atoms with Crippen LogP contribution in [0.2, 0.25) is 0 Å². The van der Waals surface area contributed by atoms with Gasteiger partial charge in [0.15, 0.2) is 0 Å². The van der Waals surface area contributed by atoms with Gasteiger partial charge in [-0.2, -0.15) is 0 Å². The standard InChI is InChI=1S/C15H29N3/c1-5-6-10-16-15-17-11-12-18(15)14(4)9-7-8-13(2)3/h11-14H,5-10H2,1-4H3,(H,16,17). The Labute approximate surface area is 112 Å². The molecule has 18 heavy (non-hydrogen) atoms. The number of anilines is 1. The minimum Gasteiger partial charge on any atom is -0.356 e. The highest BCUT2D eigenvalue weighted by molar-refractivity contribution is 5.26. The SMILES string of the molecule is CCCCNc1nccn1C(C)CCCC(C)C. The van der Waals surface area contributed by atoms with Gasteiger partial charge in [-0.3, -0.25) is 0 Å². The van der Waals surface area contributed by atoms with E-state index >= 15 is 0 Å². The minimum absolute atomic E-state index is 0.537. The molecule has 0 aliphatic carbocycles. The lowest BCUT2D eigenvalue weighted by Gasteiger charge is -2.17. The molecule has 0 spiro atoms. The van der Waals surface area contributed by atoms with E-state index in [1.165, 1.54) is 32.1 Å².